The van der Waals surface area contributed by atoms with Crippen LogP contribution in [0.1, 0.15) is 82.9 Å². The van der Waals surface area contributed by atoms with Crippen molar-refractivity contribution in [2.75, 3.05) is 10.6 Å². The van der Waals surface area contributed by atoms with Gasteiger partial charge in [0.15, 0.2) is 0 Å². The zero-order valence-electron chi connectivity index (χ0n) is 24.3. The number of rotatable bonds is 8. The second-order valence-corrected chi connectivity index (χ2v) is 10.6. The molecule has 0 atom stereocenters. The van der Waals surface area contributed by atoms with Crippen LogP contribution in [0.3, 0.4) is 0 Å². The van der Waals surface area contributed by atoms with Crippen LogP contribution in [0.4, 0.5) is 16.2 Å². The van der Waals surface area contributed by atoms with Crippen LogP contribution in [-0.2, 0) is 6.54 Å². The normalized spacial score (nSPS) is 11.0. The number of amides is 2. The number of aromatic nitrogens is 2. The Kier molecular flexibility index (Phi) is 9.06. The number of nitrogens with one attached hydrogen (secondary N) is 2. The molecule has 4 aromatic rings. The van der Waals surface area contributed by atoms with E-state index in [0.717, 1.165) is 46.2 Å². The van der Waals surface area contributed by atoms with E-state index in [1.54, 1.807) is 17.7 Å². The molecule has 206 valence electrons. The highest BCUT2D eigenvalue weighted by Crippen LogP contribution is 2.35. The predicted octanol–water partition coefficient (Wildman–Crippen LogP) is 8.13. The van der Waals surface area contributed by atoms with Gasteiger partial charge in [-0.3, -0.25) is 9.36 Å². The summed E-state index contributed by atoms with van der Waals surface area (Å²) >= 11 is 0. The van der Waals surface area contributed by atoms with E-state index in [2.05, 4.69) is 62.1 Å². The fourth-order valence-corrected chi connectivity index (χ4v) is 5.07. The molecule has 0 bridgehead atoms. The Labute approximate surface area is 236 Å². The Hall–Kier alpha value is -4.37. The average molecular weight is 535 g/mol. The molecule has 4 rings (SSSR count). The fourth-order valence-electron chi connectivity index (χ4n) is 5.07. The molecule has 0 fully saturated rings. The molecule has 0 saturated carbocycles. The molecule has 0 aliphatic carbocycles. The van der Waals surface area contributed by atoms with Gasteiger partial charge >= 0.3 is 6.03 Å². The van der Waals surface area contributed by atoms with Crippen molar-refractivity contribution in [3.63, 3.8) is 0 Å². The predicted molar refractivity (Wildman–Crippen MR) is 166 cm³/mol. The van der Waals surface area contributed by atoms with Crippen LogP contribution < -0.4 is 16.2 Å². The van der Waals surface area contributed by atoms with Crippen LogP contribution in [0, 0.1) is 11.8 Å². The maximum atomic E-state index is 14.1. The standard InChI is InChI=1S/C34H38N4O2/c1-7-9-20-38-32-28(18-12-19-35-32)29(25-15-10-14-24(21-25)13-8-2)31(33(38)39)37-34(40)36-30-26(22(3)4)16-11-17-27(30)23(5)6/h10-12,14-19,21-23H,7,9,20H2,1-6H3,(H2,36,37,40). The molecule has 6 nitrogen and oxygen atoms in total. The molecule has 0 radical (unpaired) electrons. The van der Waals surface area contributed by atoms with Crippen LogP contribution in [0.5, 0.6) is 0 Å². The van der Waals surface area contributed by atoms with Gasteiger partial charge in [-0.15, -0.1) is 5.92 Å². The Morgan fingerprint density at radius 1 is 0.950 bits per heavy atom. The lowest BCUT2D eigenvalue weighted by Gasteiger charge is -2.21. The maximum absolute atomic E-state index is 14.1. The lowest BCUT2D eigenvalue weighted by molar-refractivity contribution is 0.262. The number of benzene rings is 2. The van der Waals surface area contributed by atoms with Crippen LogP contribution in [0.25, 0.3) is 22.2 Å². The van der Waals surface area contributed by atoms with Crippen LogP contribution >= 0.6 is 0 Å². The van der Waals surface area contributed by atoms with Gasteiger partial charge < -0.3 is 10.6 Å². The van der Waals surface area contributed by atoms with E-state index in [1.165, 1.54) is 0 Å². The van der Waals surface area contributed by atoms with Crippen LogP contribution in [0.2, 0.25) is 0 Å². The number of para-hydroxylation sites is 1. The number of hydrogen-bond donors (Lipinski definition) is 2. The van der Waals surface area contributed by atoms with E-state index in [4.69, 9.17) is 0 Å². The number of hydrogen-bond acceptors (Lipinski definition) is 3. The zero-order valence-corrected chi connectivity index (χ0v) is 24.3. The molecule has 6 heteroatoms. The van der Waals surface area contributed by atoms with Gasteiger partial charge in [0.05, 0.1) is 0 Å². The van der Waals surface area contributed by atoms with Gasteiger partial charge in [-0.05, 0) is 66.1 Å². The molecule has 2 heterocycles. The average Bonchev–Trinajstić information content (AvgIpc) is 2.93. The number of unbranched alkanes of at least 4 members (excludes halogenated alkanes) is 1. The first kappa shape index (κ1) is 28.6. The molecule has 2 N–H and O–H groups in total. The van der Waals surface area contributed by atoms with Gasteiger partial charge in [0, 0.05) is 34.9 Å². The fraction of sp³-hybridized carbons (Fsp3) is 0.324. The summed E-state index contributed by atoms with van der Waals surface area (Å²) in [6, 6.07) is 17.2. The summed E-state index contributed by atoms with van der Waals surface area (Å²) in [5, 5.41) is 6.87. The first-order valence-corrected chi connectivity index (χ1v) is 14.0. The minimum Gasteiger partial charge on any atom is -0.307 e. The van der Waals surface area contributed by atoms with E-state index in [9.17, 15) is 9.59 Å². The van der Waals surface area contributed by atoms with Crippen molar-refractivity contribution in [2.45, 2.75) is 72.8 Å². The van der Waals surface area contributed by atoms with Gasteiger partial charge in [-0.1, -0.05) is 77.3 Å². The molecule has 0 unspecified atom stereocenters. The topological polar surface area (TPSA) is 76.0 Å². The van der Waals surface area contributed by atoms with Crippen molar-refractivity contribution in [1.29, 1.82) is 0 Å². The molecule has 2 amide bonds. The molecule has 2 aromatic heterocycles. The van der Waals surface area contributed by atoms with E-state index < -0.39 is 6.03 Å². The number of urea groups is 1. The second-order valence-electron chi connectivity index (χ2n) is 10.6. The third-order valence-electron chi connectivity index (χ3n) is 7.03. The minimum absolute atomic E-state index is 0.213. The minimum atomic E-state index is -0.455. The monoisotopic (exact) mass is 534 g/mol. The molecule has 2 aromatic carbocycles. The third-order valence-corrected chi connectivity index (χ3v) is 7.03. The summed E-state index contributed by atoms with van der Waals surface area (Å²) < 4.78 is 1.68. The Balaban J connectivity index is 1.91. The number of carbonyl (C=O) groups is 1. The van der Waals surface area contributed by atoms with Gasteiger partial charge in [0.1, 0.15) is 11.3 Å². The summed E-state index contributed by atoms with van der Waals surface area (Å²) in [4.78, 5) is 32.4. The number of anilines is 2. The Morgan fingerprint density at radius 3 is 2.27 bits per heavy atom. The van der Waals surface area contributed by atoms with Crippen molar-refractivity contribution in [3.8, 4) is 23.0 Å². The van der Waals surface area contributed by atoms with Gasteiger partial charge in [0.25, 0.3) is 5.56 Å². The SMILES string of the molecule is CC#Cc1cccc(-c2c(NC(=O)Nc3c(C(C)C)cccc3C(C)C)c(=O)n(CCCC)c3ncccc23)c1. The summed E-state index contributed by atoms with van der Waals surface area (Å²) in [7, 11) is 0. The second kappa shape index (κ2) is 12.7. The van der Waals surface area contributed by atoms with Crippen molar-refractivity contribution in [2.24, 2.45) is 0 Å². The largest absolute Gasteiger partial charge is 0.323 e. The van der Waals surface area contributed by atoms with Crippen molar-refractivity contribution in [1.82, 2.24) is 9.55 Å². The first-order chi connectivity index (χ1) is 19.3. The number of pyridine rings is 2. The number of nitrogens with zero attached hydrogens (tertiary/aromatic N) is 2. The first-order valence-electron chi connectivity index (χ1n) is 14.0. The highest BCUT2D eigenvalue weighted by atomic mass is 16.2. The van der Waals surface area contributed by atoms with Crippen LogP contribution in [0.15, 0.2) is 65.6 Å². The maximum Gasteiger partial charge on any atom is 0.323 e. The summed E-state index contributed by atoms with van der Waals surface area (Å²) in [6.45, 7) is 12.8. The van der Waals surface area contributed by atoms with Gasteiger partial charge in [-0.25, -0.2) is 9.78 Å². The molecular formula is C34H38N4O2. The van der Waals surface area contributed by atoms with Crippen molar-refractivity contribution in [3.05, 3.63) is 87.8 Å². The lowest BCUT2D eigenvalue weighted by Crippen LogP contribution is -2.30. The Bertz CT molecular complexity index is 1630. The van der Waals surface area contributed by atoms with E-state index >= 15 is 0 Å². The molecule has 40 heavy (non-hydrogen) atoms. The quantitative estimate of drug-likeness (QED) is 0.224. The molecule has 0 aliphatic rings. The summed E-state index contributed by atoms with van der Waals surface area (Å²) in [6.07, 6.45) is 3.44. The van der Waals surface area contributed by atoms with Crippen LogP contribution in [-0.4, -0.2) is 15.6 Å². The molecule has 0 saturated heterocycles. The van der Waals surface area contributed by atoms with Gasteiger partial charge in [0.2, 0.25) is 0 Å². The third kappa shape index (κ3) is 5.94. The highest BCUT2D eigenvalue weighted by molar-refractivity contribution is 6.07. The molecule has 0 aliphatic heterocycles. The van der Waals surface area contributed by atoms with Gasteiger partial charge in [-0.2, -0.15) is 0 Å². The zero-order chi connectivity index (χ0) is 28.8. The van der Waals surface area contributed by atoms with E-state index in [-0.39, 0.29) is 23.1 Å². The lowest BCUT2D eigenvalue weighted by atomic mass is 9.93. The molecule has 0 spiro atoms. The van der Waals surface area contributed by atoms with Crippen molar-refractivity contribution < 1.29 is 4.79 Å². The van der Waals surface area contributed by atoms with Crippen molar-refractivity contribution >= 4 is 28.4 Å². The summed E-state index contributed by atoms with van der Waals surface area (Å²) in [5.74, 6) is 6.46. The summed E-state index contributed by atoms with van der Waals surface area (Å²) in [5.41, 5.74) is 5.69. The highest BCUT2D eigenvalue weighted by Gasteiger charge is 2.22. The van der Waals surface area contributed by atoms with E-state index in [1.807, 2.05) is 54.6 Å². The molecular weight excluding hydrogens is 496 g/mol. The number of fused-ring (bicyclic) bond motifs is 1. The van der Waals surface area contributed by atoms with E-state index in [0.29, 0.717) is 17.8 Å². The smallest absolute Gasteiger partial charge is 0.307 e. The number of aryl methyl sites for hydroxylation is 1. The number of carbonyl (C=O) groups excluding carboxylic acids is 1. The Morgan fingerprint density at radius 2 is 1.62 bits per heavy atom.